The van der Waals surface area contributed by atoms with E-state index in [1.807, 2.05) is 44.2 Å². The van der Waals surface area contributed by atoms with Crippen molar-refractivity contribution in [3.63, 3.8) is 0 Å². The molecule has 1 fully saturated rings. The SMILES string of the molecule is CC(C)C(NC(=O)NCc1ccccc1)C(=O)N1CCN(CCS(C)(=O)=O)CC1. The lowest BCUT2D eigenvalue weighted by molar-refractivity contribution is -0.136. The average molecular weight is 425 g/mol. The third-order valence-corrected chi connectivity index (χ3v) is 5.90. The first kappa shape index (κ1) is 23.2. The number of carbonyl (C=O) groups excluding carboxylic acids is 2. The van der Waals surface area contributed by atoms with Gasteiger partial charge in [0.1, 0.15) is 15.9 Å². The van der Waals surface area contributed by atoms with Gasteiger partial charge in [0.15, 0.2) is 0 Å². The fourth-order valence-electron chi connectivity index (χ4n) is 3.17. The molecule has 2 N–H and O–H groups in total. The molecule has 0 radical (unpaired) electrons. The molecule has 0 aliphatic carbocycles. The summed E-state index contributed by atoms with van der Waals surface area (Å²) in [6.07, 6.45) is 1.23. The molecule has 29 heavy (non-hydrogen) atoms. The number of nitrogens with one attached hydrogen (secondary N) is 2. The molecular formula is C20H32N4O4S. The van der Waals surface area contributed by atoms with E-state index in [-0.39, 0.29) is 23.6 Å². The smallest absolute Gasteiger partial charge is 0.315 e. The van der Waals surface area contributed by atoms with E-state index in [0.717, 1.165) is 5.56 Å². The Morgan fingerprint density at radius 1 is 1.07 bits per heavy atom. The maximum absolute atomic E-state index is 12.9. The van der Waals surface area contributed by atoms with Gasteiger partial charge in [-0.1, -0.05) is 44.2 Å². The minimum absolute atomic E-state index is 0.0479. The van der Waals surface area contributed by atoms with Crippen molar-refractivity contribution in [1.29, 1.82) is 0 Å². The first-order chi connectivity index (χ1) is 13.7. The molecule has 1 heterocycles. The van der Waals surface area contributed by atoms with Gasteiger partial charge >= 0.3 is 6.03 Å². The van der Waals surface area contributed by atoms with Crippen LogP contribution in [-0.4, -0.2) is 80.9 Å². The number of carbonyl (C=O) groups is 2. The number of sulfone groups is 1. The fraction of sp³-hybridized carbons (Fsp3) is 0.600. The second-order valence-corrected chi connectivity index (χ2v) is 10.1. The van der Waals surface area contributed by atoms with Gasteiger partial charge in [-0.2, -0.15) is 0 Å². The van der Waals surface area contributed by atoms with Gasteiger partial charge in [-0.15, -0.1) is 0 Å². The predicted molar refractivity (Wildman–Crippen MR) is 113 cm³/mol. The van der Waals surface area contributed by atoms with Crippen molar-refractivity contribution in [3.05, 3.63) is 35.9 Å². The standard InChI is InChI=1S/C20H32N4O4S/c1-16(2)18(22-20(26)21-15-17-7-5-4-6-8-17)19(25)24-11-9-23(10-12-24)13-14-29(3,27)28/h4-8,16,18H,9-15H2,1-3H3,(H2,21,22,26). The number of piperazine rings is 1. The number of amides is 3. The minimum Gasteiger partial charge on any atom is -0.338 e. The Balaban J connectivity index is 1.83. The van der Waals surface area contributed by atoms with Crippen LogP contribution in [0.1, 0.15) is 19.4 Å². The number of benzene rings is 1. The summed E-state index contributed by atoms with van der Waals surface area (Å²) in [5.74, 6) is -0.0236. The highest BCUT2D eigenvalue weighted by molar-refractivity contribution is 7.90. The van der Waals surface area contributed by atoms with Gasteiger partial charge in [-0.25, -0.2) is 13.2 Å². The fourth-order valence-corrected chi connectivity index (χ4v) is 3.76. The van der Waals surface area contributed by atoms with E-state index in [0.29, 0.717) is 39.3 Å². The van der Waals surface area contributed by atoms with Crippen molar-refractivity contribution >= 4 is 21.8 Å². The highest BCUT2D eigenvalue weighted by Gasteiger charge is 2.30. The van der Waals surface area contributed by atoms with Gasteiger partial charge in [0.2, 0.25) is 5.91 Å². The second-order valence-electron chi connectivity index (χ2n) is 7.83. The van der Waals surface area contributed by atoms with Crippen LogP contribution >= 0.6 is 0 Å². The molecule has 1 aromatic rings. The van der Waals surface area contributed by atoms with Crippen molar-refractivity contribution in [2.75, 3.05) is 44.7 Å². The Bertz CT molecular complexity index is 775. The highest BCUT2D eigenvalue weighted by Crippen LogP contribution is 2.10. The molecule has 1 saturated heterocycles. The quantitative estimate of drug-likeness (QED) is 0.640. The molecule has 8 nitrogen and oxygen atoms in total. The van der Waals surface area contributed by atoms with E-state index < -0.39 is 15.9 Å². The minimum atomic E-state index is -2.99. The summed E-state index contributed by atoms with van der Waals surface area (Å²) in [4.78, 5) is 29.0. The number of rotatable bonds is 8. The zero-order valence-electron chi connectivity index (χ0n) is 17.4. The van der Waals surface area contributed by atoms with Gasteiger partial charge in [0, 0.05) is 45.5 Å². The number of hydrogen-bond donors (Lipinski definition) is 2. The molecule has 1 atom stereocenters. The molecule has 0 bridgehead atoms. The van der Waals surface area contributed by atoms with Crippen LogP contribution in [0, 0.1) is 5.92 Å². The molecule has 0 saturated carbocycles. The van der Waals surface area contributed by atoms with E-state index >= 15 is 0 Å². The number of nitrogens with zero attached hydrogens (tertiary/aromatic N) is 2. The van der Waals surface area contributed by atoms with Crippen LogP contribution < -0.4 is 10.6 Å². The van der Waals surface area contributed by atoms with Gasteiger partial charge in [0.05, 0.1) is 5.75 Å². The maximum atomic E-state index is 12.9. The predicted octanol–water partition coefficient (Wildman–Crippen LogP) is 0.699. The van der Waals surface area contributed by atoms with Gasteiger partial charge in [-0.05, 0) is 11.5 Å². The molecule has 1 aliphatic rings. The van der Waals surface area contributed by atoms with Crippen molar-refractivity contribution in [2.45, 2.75) is 26.4 Å². The zero-order valence-corrected chi connectivity index (χ0v) is 18.2. The first-order valence-electron chi connectivity index (χ1n) is 9.93. The highest BCUT2D eigenvalue weighted by atomic mass is 32.2. The van der Waals surface area contributed by atoms with Crippen LogP contribution in [0.15, 0.2) is 30.3 Å². The molecule has 0 aromatic heterocycles. The summed E-state index contributed by atoms with van der Waals surface area (Å²) in [5, 5.41) is 5.60. The van der Waals surface area contributed by atoms with Gasteiger partial charge in [0.25, 0.3) is 0 Å². The number of hydrogen-bond acceptors (Lipinski definition) is 5. The molecule has 2 rings (SSSR count). The first-order valence-corrected chi connectivity index (χ1v) is 12.0. The Labute approximate surface area is 173 Å². The van der Waals surface area contributed by atoms with Crippen molar-refractivity contribution < 1.29 is 18.0 Å². The Kier molecular flexibility index (Phi) is 8.45. The van der Waals surface area contributed by atoms with Crippen molar-refractivity contribution in [1.82, 2.24) is 20.4 Å². The van der Waals surface area contributed by atoms with E-state index in [9.17, 15) is 18.0 Å². The third kappa shape index (κ3) is 8.02. The normalized spacial score (nSPS) is 16.5. The van der Waals surface area contributed by atoms with Gasteiger partial charge in [-0.3, -0.25) is 9.69 Å². The maximum Gasteiger partial charge on any atom is 0.315 e. The Morgan fingerprint density at radius 2 is 1.69 bits per heavy atom. The summed E-state index contributed by atoms with van der Waals surface area (Å²) >= 11 is 0. The van der Waals surface area contributed by atoms with Gasteiger partial charge < -0.3 is 15.5 Å². The summed E-state index contributed by atoms with van der Waals surface area (Å²) in [6, 6.07) is 8.61. The lowest BCUT2D eigenvalue weighted by Crippen LogP contribution is -2.57. The lowest BCUT2D eigenvalue weighted by atomic mass is 10.0. The summed E-state index contributed by atoms with van der Waals surface area (Å²) in [5.41, 5.74) is 0.986. The Morgan fingerprint density at radius 3 is 2.24 bits per heavy atom. The number of urea groups is 1. The van der Waals surface area contributed by atoms with Crippen LogP contribution in [0.4, 0.5) is 4.79 Å². The lowest BCUT2D eigenvalue weighted by Gasteiger charge is -2.37. The summed E-state index contributed by atoms with van der Waals surface area (Å²) in [6.45, 7) is 7.00. The average Bonchev–Trinajstić information content (AvgIpc) is 2.69. The molecule has 0 spiro atoms. The third-order valence-electron chi connectivity index (χ3n) is 4.98. The van der Waals surface area contributed by atoms with Crippen LogP contribution in [0.2, 0.25) is 0 Å². The van der Waals surface area contributed by atoms with Crippen molar-refractivity contribution in [3.8, 4) is 0 Å². The molecule has 3 amide bonds. The molecule has 1 unspecified atom stereocenters. The zero-order chi connectivity index (χ0) is 21.4. The second kappa shape index (κ2) is 10.6. The van der Waals surface area contributed by atoms with Crippen LogP contribution in [-0.2, 0) is 21.2 Å². The molecule has 1 aromatic carbocycles. The summed E-state index contributed by atoms with van der Waals surface area (Å²) in [7, 11) is -2.99. The largest absolute Gasteiger partial charge is 0.338 e. The molecular weight excluding hydrogens is 392 g/mol. The molecule has 1 aliphatic heterocycles. The molecule has 9 heteroatoms. The van der Waals surface area contributed by atoms with Crippen molar-refractivity contribution in [2.24, 2.45) is 5.92 Å². The van der Waals surface area contributed by atoms with E-state index in [2.05, 4.69) is 15.5 Å². The Hall–Kier alpha value is -2.13. The molecule has 162 valence electrons. The monoisotopic (exact) mass is 424 g/mol. The summed E-state index contributed by atoms with van der Waals surface area (Å²) < 4.78 is 22.6. The van der Waals surface area contributed by atoms with Crippen LogP contribution in [0.25, 0.3) is 0 Å². The van der Waals surface area contributed by atoms with Crippen LogP contribution in [0.3, 0.4) is 0 Å². The van der Waals surface area contributed by atoms with E-state index in [1.54, 1.807) is 4.90 Å². The topological polar surface area (TPSA) is 98.8 Å². The van der Waals surface area contributed by atoms with Crippen LogP contribution in [0.5, 0.6) is 0 Å². The van der Waals surface area contributed by atoms with E-state index in [4.69, 9.17) is 0 Å². The van der Waals surface area contributed by atoms with E-state index in [1.165, 1.54) is 6.26 Å².